The maximum absolute atomic E-state index is 7.18. The molecule has 1 aliphatic carbocycles. The van der Waals surface area contributed by atoms with E-state index in [9.17, 15) is 0 Å². The second-order valence-corrected chi connectivity index (χ2v) is 11.4. The highest BCUT2D eigenvalue weighted by Crippen LogP contribution is 2.50. The van der Waals surface area contributed by atoms with Crippen LogP contribution in [0.3, 0.4) is 0 Å². The maximum atomic E-state index is 7.18. The van der Waals surface area contributed by atoms with Gasteiger partial charge < -0.3 is 5.73 Å². The van der Waals surface area contributed by atoms with Gasteiger partial charge in [0, 0.05) is 5.54 Å². The van der Waals surface area contributed by atoms with E-state index in [1.165, 1.54) is 39.8 Å². The summed E-state index contributed by atoms with van der Waals surface area (Å²) < 4.78 is 0. The molecule has 2 atom stereocenters. The molecule has 0 saturated carbocycles. The van der Waals surface area contributed by atoms with Crippen molar-refractivity contribution in [3.05, 3.63) is 58.7 Å². The van der Waals surface area contributed by atoms with E-state index in [0.717, 1.165) is 32.1 Å². The first-order chi connectivity index (χ1) is 15.0. The van der Waals surface area contributed by atoms with Gasteiger partial charge in [-0.3, -0.25) is 0 Å². The summed E-state index contributed by atoms with van der Waals surface area (Å²) >= 11 is 0. The van der Waals surface area contributed by atoms with E-state index in [4.69, 9.17) is 5.73 Å². The zero-order valence-electron chi connectivity index (χ0n) is 22.3. The molecule has 2 N–H and O–H groups in total. The summed E-state index contributed by atoms with van der Waals surface area (Å²) in [5.41, 5.74) is 16.0. The molecule has 0 heterocycles. The van der Waals surface area contributed by atoms with E-state index in [2.05, 4.69) is 98.7 Å². The molecule has 0 aromatic heterocycles. The van der Waals surface area contributed by atoms with Gasteiger partial charge in [0.1, 0.15) is 0 Å². The molecule has 1 aliphatic rings. The zero-order chi connectivity index (χ0) is 23.9. The molecule has 0 bridgehead atoms. The van der Waals surface area contributed by atoms with Crippen molar-refractivity contribution in [1.82, 2.24) is 0 Å². The summed E-state index contributed by atoms with van der Waals surface area (Å²) in [5.74, 6) is 0. The van der Waals surface area contributed by atoms with Crippen molar-refractivity contribution in [2.45, 2.75) is 112 Å². The van der Waals surface area contributed by atoms with Crippen molar-refractivity contribution in [2.75, 3.05) is 0 Å². The number of benzene rings is 2. The lowest BCUT2D eigenvalue weighted by Crippen LogP contribution is -2.50. The maximum Gasteiger partial charge on any atom is 0.0461 e. The quantitative estimate of drug-likeness (QED) is 0.358. The average Bonchev–Trinajstić information content (AvgIpc) is 3.19. The molecular formula is C31H47N. The lowest BCUT2D eigenvalue weighted by atomic mass is 9.60. The van der Waals surface area contributed by atoms with E-state index < -0.39 is 0 Å². The Hall–Kier alpha value is -1.60. The molecule has 0 radical (unpaired) electrons. The van der Waals surface area contributed by atoms with Crippen molar-refractivity contribution in [1.29, 1.82) is 0 Å². The summed E-state index contributed by atoms with van der Waals surface area (Å²) in [6.45, 7) is 21.2. The largest absolute Gasteiger partial charge is 0.321 e. The molecule has 2 aromatic carbocycles. The highest BCUT2D eigenvalue weighted by Gasteiger charge is 2.43. The number of hydrogen-bond acceptors (Lipinski definition) is 1. The summed E-state index contributed by atoms with van der Waals surface area (Å²) in [6.07, 6.45) is 6.51. The Morgan fingerprint density at radius 2 is 1.16 bits per heavy atom. The molecule has 0 amide bonds. The van der Waals surface area contributed by atoms with Crippen LogP contribution < -0.4 is 5.73 Å². The van der Waals surface area contributed by atoms with Crippen LogP contribution in [0.25, 0.3) is 11.1 Å². The Morgan fingerprint density at radius 3 is 1.59 bits per heavy atom. The Morgan fingerprint density at radius 1 is 0.656 bits per heavy atom. The Balaban J connectivity index is 2.04. The minimum Gasteiger partial charge on any atom is -0.321 e. The van der Waals surface area contributed by atoms with Gasteiger partial charge in [0.25, 0.3) is 0 Å². The molecule has 1 nitrogen and oxygen atoms in total. The second kappa shape index (κ2) is 8.64. The summed E-state index contributed by atoms with van der Waals surface area (Å²) in [4.78, 5) is 0. The fourth-order valence-electron chi connectivity index (χ4n) is 6.16. The van der Waals surface area contributed by atoms with Gasteiger partial charge in [0.2, 0.25) is 0 Å². The standard InChI is InChI=1S/C31H47N/c1-10-28(6,7)30(9,13-4)24-15-17-26-22(20-24)19-23-21-25(16-18-27(23)26)31(32,14-5)29(8,11-2)12-3/h15-18,20-21H,10-14,19,32H2,1-9H3. The SMILES string of the molecule is CCC(C)(C)C(C)(CC)c1ccc2c(c1)Cc1cc(C(N)(CC)C(C)(CC)CC)ccc1-2. The second-order valence-electron chi connectivity index (χ2n) is 11.4. The van der Waals surface area contributed by atoms with Crippen LogP contribution >= 0.6 is 0 Å². The predicted octanol–water partition coefficient (Wildman–Crippen LogP) is 8.75. The number of hydrogen-bond donors (Lipinski definition) is 1. The molecular weight excluding hydrogens is 386 g/mol. The lowest BCUT2D eigenvalue weighted by molar-refractivity contribution is 0.121. The zero-order valence-corrected chi connectivity index (χ0v) is 22.3. The van der Waals surface area contributed by atoms with E-state index in [0.29, 0.717) is 0 Å². The molecule has 0 spiro atoms. The van der Waals surface area contributed by atoms with Gasteiger partial charge in [-0.25, -0.2) is 0 Å². The third-order valence-corrected chi connectivity index (χ3v) is 10.3. The van der Waals surface area contributed by atoms with Gasteiger partial charge in [-0.05, 0) is 81.7 Å². The number of nitrogens with two attached hydrogens (primary N) is 1. The highest BCUT2D eigenvalue weighted by atomic mass is 14.8. The van der Waals surface area contributed by atoms with Gasteiger partial charge in [-0.15, -0.1) is 0 Å². The third kappa shape index (κ3) is 3.56. The molecule has 1 heteroatoms. The first-order valence-electron chi connectivity index (χ1n) is 13.0. The first-order valence-corrected chi connectivity index (χ1v) is 13.0. The minimum atomic E-state index is -0.294. The van der Waals surface area contributed by atoms with Crippen LogP contribution in [-0.2, 0) is 17.4 Å². The van der Waals surface area contributed by atoms with E-state index in [1.807, 2.05) is 0 Å². The van der Waals surface area contributed by atoms with E-state index in [1.54, 1.807) is 0 Å². The van der Waals surface area contributed by atoms with Crippen LogP contribution in [0, 0.1) is 10.8 Å². The molecule has 176 valence electrons. The summed E-state index contributed by atoms with van der Waals surface area (Å²) in [5, 5.41) is 0. The third-order valence-electron chi connectivity index (χ3n) is 10.3. The topological polar surface area (TPSA) is 26.0 Å². The van der Waals surface area contributed by atoms with Gasteiger partial charge in [0.15, 0.2) is 0 Å². The van der Waals surface area contributed by atoms with Crippen molar-refractivity contribution in [3.8, 4) is 11.1 Å². The fourth-order valence-corrected chi connectivity index (χ4v) is 6.16. The van der Waals surface area contributed by atoms with Crippen LogP contribution in [0.1, 0.15) is 117 Å². The van der Waals surface area contributed by atoms with Crippen molar-refractivity contribution in [2.24, 2.45) is 16.6 Å². The smallest absolute Gasteiger partial charge is 0.0461 e. The highest BCUT2D eigenvalue weighted by molar-refractivity contribution is 5.77. The monoisotopic (exact) mass is 433 g/mol. The molecule has 2 aromatic rings. The molecule has 32 heavy (non-hydrogen) atoms. The van der Waals surface area contributed by atoms with Crippen molar-refractivity contribution in [3.63, 3.8) is 0 Å². The summed E-state index contributed by atoms with van der Waals surface area (Å²) in [7, 11) is 0. The number of rotatable bonds is 9. The Kier molecular flexibility index (Phi) is 6.76. The van der Waals surface area contributed by atoms with Crippen LogP contribution in [0.5, 0.6) is 0 Å². The minimum absolute atomic E-state index is 0.100. The van der Waals surface area contributed by atoms with E-state index >= 15 is 0 Å². The number of fused-ring (bicyclic) bond motifs is 3. The normalized spacial score (nSPS) is 17.4. The lowest BCUT2D eigenvalue weighted by Gasteiger charge is -2.46. The van der Waals surface area contributed by atoms with Crippen LogP contribution in [0.2, 0.25) is 0 Å². The Labute approximate surface area is 198 Å². The van der Waals surface area contributed by atoms with Gasteiger partial charge in [-0.1, -0.05) is 105 Å². The first kappa shape index (κ1) is 25.0. The molecule has 0 saturated heterocycles. The molecule has 0 aliphatic heterocycles. The molecule has 0 fully saturated rings. The van der Waals surface area contributed by atoms with Crippen LogP contribution in [-0.4, -0.2) is 0 Å². The van der Waals surface area contributed by atoms with E-state index in [-0.39, 0.29) is 21.8 Å². The van der Waals surface area contributed by atoms with Crippen LogP contribution in [0.4, 0.5) is 0 Å². The van der Waals surface area contributed by atoms with Crippen molar-refractivity contribution >= 4 is 0 Å². The predicted molar refractivity (Wildman–Crippen MR) is 141 cm³/mol. The van der Waals surface area contributed by atoms with Gasteiger partial charge in [-0.2, -0.15) is 0 Å². The molecule has 2 unspecified atom stereocenters. The van der Waals surface area contributed by atoms with Crippen LogP contribution in [0.15, 0.2) is 36.4 Å². The average molecular weight is 434 g/mol. The van der Waals surface area contributed by atoms with Gasteiger partial charge >= 0.3 is 0 Å². The van der Waals surface area contributed by atoms with Gasteiger partial charge in [0.05, 0.1) is 0 Å². The van der Waals surface area contributed by atoms with Crippen molar-refractivity contribution < 1.29 is 0 Å². The Bertz CT molecular complexity index is 964. The summed E-state index contributed by atoms with van der Waals surface area (Å²) in [6, 6.07) is 14.4. The fraction of sp³-hybridized carbons (Fsp3) is 0.613. The molecule has 3 rings (SSSR count).